The zero-order valence-corrected chi connectivity index (χ0v) is 35.6. The van der Waals surface area contributed by atoms with E-state index in [2.05, 4.69) is 30.9 Å². The molecule has 302 valence electrons. The fraction of sp³-hybridized carbons (Fsp3) is 0.324. The van der Waals surface area contributed by atoms with Crippen molar-refractivity contribution in [2.75, 3.05) is 37.9 Å². The van der Waals surface area contributed by atoms with Crippen LogP contribution in [0.3, 0.4) is 0 Å². The highest BCUT2D eigenvalue weighted by Crippen LogP contribution is 2.29. The molecule has 0 radical (unpaired) electrons. The molecule has 6 rings (SSSR count). The zero-order valence-electron chi connectivity index (χ0n) is 32.3. The maximum Gasteiger partial charge on any atom is 0.350 e. The van der Waals surface area contributed by atoms with E-state index in [1.807, 2.05) is 62.7 Å². The maximum absolute atomic E-state index is 12.3. The summed E-state index contributed by atoms with van der Waals surface area (Å²) in [6.45, 7) is 11.9. The largest absolute Gasteiger partial charge is 0.461 e. The number of nitrogens with one attached hydrogen (secondary N) is 2. The number of hydrogen-bond donors (Lipinski definition) is 2. The molecule has 0 spiro atoms. The molecule has 0 aliphatic heterocycles. The number of aryl methyl sites for hydroxylation is 2. The van der Waals surface area contributed by atoms with Crippen molar-refractivity contribution in [1.82, 2.24) is 25.2 Å². The Balaban J connectivity index is 0.000000226. The van der Waals surface area contributed by atoms with Crippen LogP contribution in [-0.4, -0.2) is 82.7 Å². The third-order valence-electron chi connectivity index (χ3n) is 6.72. The second kappa shape index (κ2) is 21.1. The first kappa shape index (κ1) is 44.1. The summed E-state index contributed by atoms with van der Waals surface area (Å²) in [7, 11) is 3.38. The summed E-state index contributed by atoms with van der Waals surface area (Å²) in [5.74, 6) is -0.227. The van der Waals surface area contributed by atoms with E-state index >= 15 is 0 Å². The average Bonchev–Trinajstić information content (AvgIpc) is 4.01. The second-order valence-corrected chi connectivity index (χ2v) is 16.8. The van der Waals surface area contributed by atoms with Gasteiger partial charge in [0.2, 0.25) is 6.41 Å². The summed E-state index contributed by atoms with van der Waals surface area (Å²) in [5.41, 5.74) is 1.31. The first-order chi connectivity index (χ1) is 27.1. The molecule has 0 fully saturated rings. The number of thiazole rings is 2. The molecule has 20 heteroatoms. The van der Waals surface area contributed by atoms with Gasteiger partial charge in [-0.05, 0) is 48.6 Å². The van der Waals surface area contributed by atoms with Gasteiger partial charge in [-0.25, -0.2) is 19.6 Å². The van der Waals surface area contributed by atoms with Crippen LogP contribution in [0.15, 0.2) is 56.2 Å². The van der Waals surface area contributed by atoms with Gasteiger partial charge in [0.15, 0.2) is 33.2 Å². The van der Waals surface area contributed by atoms with Gasteiger partial charge in [0, 0.05) is 26.2 Å². The number of carbonyl (C=O) groups excluding carboxylic acids is 5. The van der Waals surface area contributed by atoms with E-state index in [1.54, 1.807) is 40.1 Å². The molecule has 57 heavy (non-hydrogen) atoms. The van der Waals surface area contributed by atoms with Gasteiger partial charge in [-0.2, -0.15) is 0 Å². The molecule has 6 aromatic rings. The van der Waals surface area contributed by atoms with E-state index < -0.39 is 23.8 Å². The molecule has 0 unspecified atom stereocenters. The van der Waals surface area contributed by atoms with Crippen molar-refractivity contribution in [3.63, 3.8) is 0 Å². The Morgan fingerprint density at radius 1 is 0.737 bits per heavy atom. The Hall–Kier alpha value is -5.57. The van der Waals surface area contributed by atoms with Gasteiger partial charge in [-0.3, -0.25) is 25.0 Å². The summed E-state index contributed by atoms with van der Waals surface area (Å²) >= 11 is 5.13. The molecule has 3 amide bonds. The van der Waals surface area contributed by atoms with Crippen LogP contribution >= 0.6 is 45.3 Å². The number of carbonyl (C=O) groups is 5. The van der Waals surface area contributed by atoms with E-state index in [0.29, 0.717) is 56.1 Å². The van der Waals surface area contributed by atoms with Crippen molar-refractivity contribution in [1.29, 1.82) is 0 Å². The molecule has 0 aliphatic rings. The van der Waals surface area contributed by atoms with Crippen LogP contribution in [0.4, 0.5) is 10.3 Å². The molecule has 2 N–H and O–H groups in total. The third-order valence-corrected chi connectivity index (χ3v) is 10.6. The highest BCUT2D eigenvalue weighted by atomic mass is 32.1. The number of aromatic nitrogens is 4. The number of rotatable bonds is 13. The smallest absolute Gasteiger partial charge is 0.350 e. The van der Waals surface area contributed by atoms with Crippen LogP contribution in [0.5, 0.6) is 0 Å². The lowest BCUT2D eigenvalue weighted by molar-refractivity contribution is -0.115. The van der Waals surface area contributed by atoms with Crippen LogP contribution in [-0.2, 0) is 14.3 Å². The quantitative estimate of drug-likeness (QED) is 0.0831. The number of amides is 3. The summed E-state index contributed by atoms with van der Waals surface area (Å²) in [6, 6.07) is 10.7. The topological polar surface area (TPSA) is 209 Å². The number of ether oxygens (including phenoxy) is 2. The second-order valence-electron chi connectivity index (χ2n) is 12.9. The van der Waals surface area contributed by atoms with Gasteiger partial charge in [0.1, 0.15) is 9.75 Å². The third kappa shape index (κ3) is 13.3. The van der Waals surface area contributed by atoms with Crippen LogP contribution in [0, 0.1) is 25.7 Å². The Labute approximate surface area is 344 Å². The summed E-state index contributed by atoms with van der Waals surface area (Å²) in [5, 5.41) is 17.3. The van der Waals surface area contributed by atoms with Gasteiger partial charge >= 0.3 is 11.9 Å². The molecule has 6 aromatic heterocycles. The molecule has 0 bridgehead atoms. The van der Waals surface area contributed by atoms with Gasteiger partial charge in [0.05, 0.1) is 34.4 Å². The zero-order chi connectivity index (χ0) is 41.6. The molecule has 0 atom stereocenters. The molecule has 16 nitrogen and oxygen atoms in total. The predicted octanol–water partition coefficient (Wildman–Crippen LogP) is 8.17. The Morgan fingerprint density at radius 2 is 1.12 bits per heavy atom. The van der Waals surface area contributed by atoms with Crippen LogP contribution in [0.2, 0.25) is 0 Å². The van der Waals surface area contributed by atoms with Crippen molar-refractivity contribution in [2.45, 2.75) is 41.5 Å². The minimum atomic E-state index is -0.451. The number of anilines is 2. The fourth-order valence-corrected chi connectivity index (χ4v) is 7.11. The van der Waals surface area contributed by atoms with Gasteiger partial charge < -0.3 is 23.4 Å². The first-order valence-electron chi connectivity index (χ1n) is 17.2. The standard InChI is InChI=1S/2C17H17N3O4S2.C3H7NO/c2*1-9(2)8-23-16(22)14-10(3)18-17(26-14)19-15(21)11-7-12(24-20-11)13-5-4-6-25-13;1-4(2)3-5/h2*4-7,9H,8H2,1-3H3,(H,18,19,21);3H,1-2H3. The van der Waals surface area contributed by atoms with Crippen molar-refractivity contribution in [3.8, 4) is 21.3 Å². The Morgan fingerprint density at radius 3 is 1.44 bits per heavy atom. The number of thiophene rings is 2. The Bertz CT molecular complexity index is 2080. The summed E-state index contributed by atoms with van der Waals surface area (Å²) in [4.78, 5) is 70.6. The van der Waals surface area contributed by atoms with E-state index in [9.17, 15) is 24.0 Å². The maximum atomic E-state index is 12.3. The lowest BCUT2D eigenvalue weighted by Gasteiger charge is -2.05. The van der Waals surface area contributed by atoms with E-state index in [1.165, 1.54) is 27.6 Å². The first-order valence-corrected chi connectivity index (χ1v) is 20.6. The van der Waals surface area contributed by atoms with Gasteiger partial charge in [-0.15, -0.1) is 22.7 Å². The molecule has 0 aromatic carbocycles. The van der Waals surface area contributed by atoms with Gasteiger partial charge in [0.25, 0.3) is 11.8 Å². The number of nitrogens with zero attached hydrogens (tertiary/aromatic N) is 5. The van der Waals surface area contributed by atoms with Crippen molar-refractivity contribution < 1.29 is 42.5 Å². The molecule has 6 heterocycles. The summed E-state index contributed by atoms with van der Waals surface area (Å²) in [6.07, 6.45) is 0.750. The fourth-order valence-electron chi connectivity index (χ4n) is 4.05. The number of esters is 2. The molecular weight excluding hydrogens is 815 g/mol. The predicted molar refractivity (Wildman–Crippen MR) is 219 cm³/mol. The van der Waals surface area contributed by atoms with Gasteiger partial charge in [-0.1, -0.05) is 72.8 Å². The lowest BCUT2D eigenvalue weighted by Crippen LogP contribution is -2.11. The van der Waals surface area contributed by atoms with E-state index in [4.69, 9.17) is 18.5 Å². The minimum absolute atomic E-state index is 0.144. The van der Waals surface area contributed by atoms with Crippen LogP contribution < -0.4 is 10.6 Å². The SMILES string of the molecule is CN(C)C=O.Cc1nc(NC(=O)c2cc(-c3cccs3)on2)sc1C(=O)OCC(C)C.Cc1nc(NC(=O)c2cc(-c3cccs3)on2)sc1C(=O)OCC(C)C. The van der Waals surface area contributed by atoms with Crippen molar-refractivity contribution >= 4 is 85.8 Å². The minimum Gasteiger partial charge on any atom is -0.461 e. The number of hydrogen-bond acceptors (Lipinski definition) is 17. The highest BCUT2D eigenvalue weighted by Gasteiger charge is 2.22. The van der Waals surface area contributed by atoms with Crippen LogP contribution in [0.1, 0.15) is 79.4 Å². The van der Waals surface area contributed by atoms with Crippen molar-refractivity contribution in [2.24, 2.45) is 11.8 Å². The van der Waals surface area contributed by atoms with Crippen molar-refractivity contribution in [3.05, 3.63) is 79.7 Å². The molecular formula is C37H41N7O9S4. The summed E-state index contributed by atoms with van der Waals surface area (Å²) < 4.78 is 20.8. The van der Waals surface area contributed by atoms with E-state index in [-0.39, 0.29) is 23.2 Å². The van der Waals surface area contributed by atoms with Crippen LogP contribution in [0.25, 0.3) is 21.3 Å². The monoisotopic (exact) mass is 855 g/mol. The van der Waals surface area contributed by atoms with E-state index in [0.717, 1.165) is 38.8 Å². The average molecular weight is 856 g/mol. The highest BCUT2D eigenvalue weighted by molar-refractivity contribution is 7.18. The molecule has 0 saturated heterocycles. The molecule has 0 aliphatic carbocycles. The Kier molecular flexibility index (Phi) is 16.3. The lowest BCUT2D eigenvalue weighted by atomic mass is 10.2. The normalized spacial score (nSPS) is 10.6. The molecule has 0 saturated carbocycles.